The van der Waals surface area contributed by atoms with Crippen molar-refractivity contribution in [1.82, 2.24) is 9.99 Å². The molecule has 4 aromatic rings. The van der Waals surface area contributed by atoms with E-state index in [4.69, 9.17) is 23.2 Å². The largest absolute Gasteiger partial charge is 0.505 e. The number of carbonyl (C=O) groups excluding carboxylic acids is 4. The number of nitro benzene ring substituents is 1. The van der Waals surface area contributed by atoms with Gasteiger partial charge in [-0.05, 0) is 60.7 Å². The number of hydrogen-bond donors (Lipinski definition) is 2. The fraction of sp³-hybridized carbons (Fsp3) is 0.237. The molecule has 3 fully saturated rings. The zero-order valence-electron chi connectivity index (χ0n) is 28.3. The maximum atomic E-state index is 15.3. The standard InChI is InChI=1S/C38H25Cl2F4N5O7/c39-19-6-4-17(5-7-19)37-26(34(52)48(36(37)54)46-32-27(40)14-18(16-45-32)38(42,43)44)15-25-22(30(37)24-2-1-3-28(41)31(24)50)12-13-23-29(25)35(53)47(33(23)51)20-8-10-21(11-9-20)49(55)56/h1-12,14,16,23,25-26,29-30,50H,13,15H2,(H,45,46). The molecule has 1 saturated carbocycles. The Balaban J connectivity index is 1.30. The molecule has 8 rings (SSSR count). The summed E-state index contributed by atoms with van der Waals surface area (Å²) in [6, 6.07) is 15.0. The monoisotopic (exact) mass is 809 g/mol. The first-order valence-electron chi connectivity index (χ1n) is 17.0. The molecule has 286 valence electrons. The minimum atomic E-state index is -4.81. The first kappa shape index (κ1) is 37.1. The van der Waals surface area contributed by atoms with Crippen molar-refractivity contribution in [3.05, 3.63) is 133 Å². The van der Waals surface area contributed by atoms with E-state index in [9.17, 15) is 42.8 Å². The van der Waals surface area contributed by atoms with E-state index in [1.54, 1.807) is 6.08 Å². The number of amides is 4. The third-order valence-electron chi connectivity index (χ3n) is 11.2. The summed E-state index contributed by atoms with van der Waals surface area (Å²) in [6.07, 6.45) is -2.95. The summed E-state index contributed by atoms with van der Waals surface area (Å²) in [7, 11) is 0. The van der Waals surface area contributed by atoms with Crippen molar-refractivity contribution in [2.45, 2.75) is 30.4 Å². The second-order valence-corrected chi connectivity index (χ2v) is 14.7. The third-order valence-corrected chi connectivity index (χ3v) is 11.7. The number of nitrogens with zero attached hydrogens (tertiary/aromatic N) is 4. The van der Waals surface area contributed by atoms with Crippen molar-refractivity contribution in [2.75, 3.05) is 10.3 Å². The Morgan fingerprint density at radius 2 is 1.64 bits per heavy atom. The average molecular weight is 811 g/mol. The third kappa shape index (κ3) is 5.44. The lowest BCUT2D eigenvalue weighted by molar-refractivity contribution is -0.384. The molecule has 2 saturated heterocycles. The highest BCUT2D eigenvalue weighted by molar-refractivity contribution is 6.33. The molecule has 12 nitrogen and oxygen atoms in total. The van der Waals surface area contributed by atoms with Gasteiger partial charge in [-0.2, -0.15) is 18.2 Å². The van der Waals surface area contributed by atoms with Crippen LogP contribution in [0.15, 0.2) is 90.6 Å². The van der Waals surface area contributed by atoms with Crippen LogP contribution in [0.25, 0.3) is 0 Å². The lowest BCUT2D eigenvalue weighted by atomic mass is 9.49. The summed E-state index contributed by atoms with van der Waals surface area (Å²) in [4.78, 5) is 73.6. The molecule has 6 atom stereocenters. The molecule has 3 heterocycles. The van der Waals surface area contributed by atoms with Crippen LogP contribution in [0.1, 0.15) is 35.4 Å². The van der Waals surface area contributed by atoms with Crippen LogP contribution < -0.4 is 10.3 Å². The van der Waals surface area contributed by atoms with Crippen molar-refractivity contribution < 1.29 is 46.8 Å². The molecule has 0 radical (unpaired) electrons. The summed E-state index contributed by atoms with van der Waals surface area (Å²) < 4.78 is 55.6. The number of halogens is 6. The number of para-hydroxylation sites is 1. The smallest absolute Gasteiger partial charge is 0.417 e. The number of anilines is 2. The Morgan fingerprint density at radius 3 is 2.29 bits per heavy atom. The van der Waals surface area contributed by atoms with Crippen LogP contribution in [0.3, 0.4) is 0 Å². The number of carbonyl (C=O) groups is 4. The fourth-order valence-electron chi connectivity index (χ4n) is 8.87. The van der Waals surface area contributed by atoms with Crippen molar-refractivity contribution in [2.24, 2.45) is 23.7 Å². The van der Waals surface area contributed by atoms with Crippen molar-refractivity contribution >= 4 is 64.0 Å². The van der Waals surface area contributed by atoms with E-state index in [2.05, 4.69) is 10.4 Å². The number of phenols is 1. The minimum Gasteiger partial charge on any atom is -0.505 e. The van der Waals surface area contributed by atoms with Crippen LogP contribution in [-0.2, 0) is 30.8 Å². The molecule has 1 aromatic heterocycles. The molecule has 3 aromatic carbocycles. The molecule has 4 amide bonds. The Labute approximate surface area is 323 Å². The molecule has 4 aliphatic rings. The van der Waals surface area contributed by atoms with Gasteiger partial charge >= 0.3 is 6.18 Å². The number of rotatable bonds is 6. The van der Waals surface area contributed by atoms with E-state index < -0.39 is 97.7 Å². The Hall–Kier alpha value is -5.87. The second kappa shape index (κ2) is 13.1. The van der Waals surface area contributed by atoms with E-state index in [1.165, 1.54) is 48.5 Å². The number of non-ortho nitro benzene ring substituents is 1. The van der Waals surface area contributed by atoms with Gasteiger partial charge in [0.15, 0.2) is 17.4 Å². The van der Waals surface area contributed by atoms with Crippen LogP contribution in [0.5, 0.6) is 5.75 Å². The zero-order chi connectivity index (χ0) is 40.0. The number of hydrazine groups is 1. The summed E-state index contributed by atoms with van der Waals surface area (Å²) in [5.41, 5.74) is -0.436. The molecule has 0 spiro atoms. The molecular formula is C38H25Cl2F4N5O7. The molecule has 2 N–H and O–H groups in total. The molecule has 0 bridgehead atoms. The Morgan fingerprint density at radius 1 is 0.946 bits per heavy atom. The first-order chi connectivity index (χ1) is 26.5. The van der Waals surface area contributed by atoms with Crippen molar-refractivity contribution in [3.63, 3.8) is 0 Å². The number of benzene rings is 3. The van der Waals surface area contributed by atoms with Crippen LogP contribution in [0.2, 0.25) is 10.0 Å². The fourth-order valence-corrected chi connectivity index (χ4v) is 9.20. The van der Waals surface area contributed by atoms with Crippen LogP contribution in [0.4, 0.5) is 34.8 Å². The average Bonchev–Trinajstić information content (AvgIpc) is 3.54. The number of alkyl halides is 3. The number of aromatic nitrogens is 1. The maximum Gasteiger partial charge on any atom is 0.417 e. The second-order valence-electron chi connectivity index (χ2n) is 13.9. The highest BCUT2D eigenvalue weighted by Gasteiger charge is 2.71. The summed E-state index contributed by atoms with van der Waals surface area (Å²) in [5, 5.41) is 22.9. The van der Waals surface area contributed by atoms with Gasteiger partial charge in [0.25, 0.3) is 17.5 Å². The predicted molar refractivity (Wildman–Crippen MR) is 191 cm³/mol. The summed E-state index contributed by atoms with van der Waals surface area (Å²) >= 11 is 12.4. The lowest BCUT2D eigenvalue weighted by Crippen LogP contribution is -2.53. The summed E-state index contributed by atoms with van der Waals surface area (Å²) in [5.74, 6) is -11.3. The highest BCUT2D eigenvalue weighted by atomic mass is 35.5. The van der Waals surface area contributed by atoms with Crippen LogP contribution >= 0.6 is 23.2 Å². The van der Waals surface area contributed by atoms with E-state index in [1.807, 2.05) is 0 Å². The van der Waals surface area contributed by atoms with Crippen molar-refractivity contribution in [3.8, 4) is 5.75 Å². The molecule has 2 aliphatic carbocycles. The van der Waals surface area contributed by atoms with E-state index in [0.29, 0.717) is 22.8 Å². The summed E-state index contributed by atoms with van der Waals surface area (Å²) in [6.45, 7) is 0. The zero-order valence-corrected chi connectivity index (χ0v) is 29.8. The quantitative estimate of drug-likeness (QED) is 0.0667. The van der Waals surface area contributed by atoms with Gasteiger partial charge in [-0.25, -0.2) is 9.37 Å². The van der Waals surface area contributed by atoms with Gasteiger partial charge in [0.05, 0.1) is 44.4 Å². The lowest BCUT2D eigenvalue weighted by Gasteiger charge is -2.50. The molecule has 56 heavy (non-hydrogen) atoms. The van der Waals surface area contributed by atoms with Crippen LogP contribution in [-0.4, -0.2) is 43.7 Å². The van der Waals surface area contributed by atoms with Gasteiger partial charge in [0.2, 0.25) is 11.8 Å². The van der Waals surface area contributed by atoms with Crippen LogP contribution in [0, 0.1) is 39.6 Å². The number of imide groups is 2. The van der Waals surface area contributed by atoms with Gasteiger partial charge in [0, 0.05) is 34.8 Å². The number of phenolic OH excluding ortho intramolecular Hbond substituents is 1. The number of aromatic hydroxyl groups is 1. The molecular weight excluding hydrogens is 785 g/mol. The SMILES string of the molecule is O=C1C2CC3C(=CCC4C(=O)N(c5ccc([N+](=O)[O-])cc5)C(=O)C43)C(c3cccc(F)c3O)C2(c2ccc(Cl)cc2)C(=O)N1Nc1ncc(C(F)(F)F)cc1Cl. The van der Waals surface area contributed by atoms with Gasteiger partial charge < -0.3 is 5.11 Å². The number of hydrogen-bond acceptors (Lipinski definition) is 9. The van der Waals surface area contributed by atoms with E-state index >= 15 is 9.18 Å². The van der Waals surface area contributed by atoms with E-state index in [-0.39, 0.29) is 40.4 Å². The maximum absolute atomic E-state index is 15.3. The molecule has 2 aliphatic heterocycles. The van der Waals surface area contributed by atoms with Gasteiger partial charge in [-0.3, -0.25) is 39.6 Å². The highest BCUT2D eigenvalue weighted by Crippen LogP contribution is 2.65. The Bertz CT molecular complexity index is 2410. The number of nitro groups is 1. The van der Waals surface area contributed by atoms with Crippen molar-refractivity contribution in [1.29, 1.82) is 0 Å². The number of allylic oxidation sites excluding steroid dienone is 2. The minimum absolute atomic E-state index is 0.0340. The topological polar surface area (TPSA) is 163 Å². The first-order valence-corrected chi connectivity index (χ1v) is 17.7. The molecule has 6 unspecified atom stereocenters. The van der Waals surface area contributed by atoms with Gasteiger partial charge in [-0.1, -0.05) is 59.1 Å². The Kier molecular flexibility index (Phi) is 8.69. The normalized spacial score (nSPS) is 25.8. The van der Waals surface area contributed by atoms with E-state index in [0.717, 1.165) is 23.1 Å². The number of pyridine rings is 1. The number of nitrogens with one attached hydrogen (secondary N) is 1. The molecule has 18 heteroatoms. The van der Waals surface area contributed by atoms with Gasteiger partial charge in [-0.15, -0.1) is 0 Å². The predicted octanol–water partition coefficient (Wildman–Crippen LogP) is 7.35. The number of fused-ring (bicyclic) bond motifs is 4. The van der Waals surface area contributed by atoms with Gasteiger partial charge in [0.1, 0.15) is 0 Å².